The average molecular weight is 238 g/mol. The van der Waals surface area contributed by atoms with Crippen molar-refractivity contribution < 1.29 is 14.3 Å². The average Bonchev–Trinajstić information content (AvgIpc) is 2.38. The highest BCUT2D eigenvalue weighted by atomic mass is 16.5. The van der Waals surface area contributed by atoms with Crippen molar-refractivity contribution in [2.24, 2.45) is 5.84 Å². The molecule has 5 heteroatoms. The van der Waals surface area contributed by atoms with Crippen molar-refractivity contribution in [3.63, 3.8) is 0 Å². The van der Waals surface area contributed by atoms with Crippen molar-refractivity contribution in [1.29, 1.82) is 0 Å². The normalized spacial score (nSPS) is 8.71. The lowest BCUT2D eigenvalue weighted by Gasteiger charge is -2.11. The minimum atomic E-state index is -0.341. The molecular weight excluding hydrogens is 220 g/mol. The Morgan fingerprint density at radius 1 is 1.41 bits per heavy atom. The molecule has 17 heavy (non-hydrogen) atoms. The van der Waals surface area contributed by atoms with Crippen LogP contribution in [0, 0.1) is 0 Å². The molecule has 2 N–H and O–H groups in total. The maximum Gasteiger partial charge on any atom is 0.337 e. The molecule has 0 atom stereocenters. The highest BCUT2D eigenvalue weighted by Gasteiger charge is 2.04. The predicted octanol–water partition coefficient (Wildman–Crippen LogP) is 1.38. The summed E-state index contributed by atoms with van der Waals surface area (Å²) >= 11 is 0. The summed E-state index contributed by atoms with van der Waals surface area (Å²) < 4.78 is 4.55. The molecule has 1 aromatic rings. The third-order valence-electron chi connectivity index (χ3n) is 1.86. The van der Waals surface area contributed by atoms with Crippen LogP contribution >= 0.6 is 0 Å². The van der Waals surface area contributed by atoms with Crippen LogP contribution in [0.2, 0.25) is 0 Å². The molecule has 1 aromatic carbocycles. The Morgan fingerprint density at radius 3 is 2.18 bits per heavy atom. The summed E-state index contributed by atoms with van der Waals surface area (Å²) in [5, 5.41) is 1.47. The van der Waals surface area contributed by atoms with E-state index in [4.69, 9.17) is 5.84 Å². The van der Waals surface area contributed by atoms with Gasteiger partial charge in [-0.25, -0.2) is 10.6 Å². The molecule has 0 aliphatic rings. The van der Waals surface area contributed by atoms with Gasteiger partial charge in [-0.15, -0.1) is 0 Å². The van der Waals surface area contributed by atoms with Crippen LogP contribution in [0.4, 0.5) is 5.69 Å². The highest BCUT2D eigenvalue weighted by Crippen LogP contribution is 2.11. The van der Waals surface area contributed by atoms with Crippen LogP contribution in [-0.2, 0) is 9.53 Å². The summed E-state index contributed by atoms with van der Waals surface area (Å²) in [6.07, 6.45) is 1.51. The fourth-order valence-electron chi connectivity index (χ4n) is 0.951. The molecule has 0 amide bonds. The molecule has 1 rings (SSSR count). The zero-order valence-electron chi connectivity index (χ0n) is 10.3. The lowest BCUT2D eigenvalue weighted by molar-refractivity contribution is -0.107. The van der Waals surface area contributed by atoms with Crippen molar-refractivity contribution in [3.8, 4) is 0 Å². The molecule has 0 aliphatic carbocycles. The number of ether oxygens (including phenoxy) is 1. The number of methoxy groups -OCH3 is 1. The second-order valence-electron chi connectivity index (χ2n) is 3.22. The Hall–Kier alpha value is -1.88. The van der Waals surface area contributed by atoms with Crippen LogP contribution in [0.25, 0.3) is 0 Å². The van der Waals surface area contributed by atoms with Gasteiger partial charge in [0.15, 0.2) is 0 Å². The first-order valence-electron chi connectivity index (χ1n) is 5.17. The summed E-state index contributed by atoms with van der Waals surface area (Å²) in [6.45, 7) is 1.81. The Bertz CT molecular complexity index is 347. The van der Waals surface area contributed by atoms with Crippen LogP contribution < -0.4 is 10.9 Å². The van der Waals surface area contributed by atoms with Gasteiger partial charge in [-0.3, -0.25) is 0 Å². The molecule has 0 unspecified atom stereocenters. The van der Waals surface area contributed by atoms with E-state index < -0.39 is 0 Å². The van der Waals surface area contributed by atoms with E-state index in [-0.39, 0.29) is 5.97 Å². The van der Waals surface area contributed by atoms with Gasteiger partial charge in [0.2, 0.25) is 0 Å². The van der Waals surface area contributed by atoms with E-state index in [2.05, 4.69) is 4.74 Å². The number of carbonyl (C=O) groups excluding carboxylic acids is 2. The van der Waals surface area contributed by atoms with Gasteiger partial charge >= 0.3 is 5.97 Å². The molecule has 0 aliphatic heterocycles. The molecule has 94 valence electrons. The van der Waals surface area contributed by atoms with E-state index in [9.17, 15) is 9.59 Å². The Morgan fingerprint density at radius 2 is 1.88 bits per heavy atom. The first kappa shape index (κ1) is 15.1. The summed E-state index contributed by atoms with van der Waals surface area (Å²) in [5.41, 5.74) is 1.36. The molecule has 0 spiro atoms. The Balaban J connectivity index is 0.000000557. The van der Waals surface area contributed by atoms with E-state index in [1.165, 1.54) is 12.1 Å². The van der Waals surface area contributed by atoms with Crippen LogP contribution in [0.3, 0.4) is 0 Å². The SMILES string of the molecule is CCC=O.COC(=O)c1ccc(N(C)N)cc1. The number of hydrogen-bond donors (Lipinski definition) is 1. The molecule has 0 saturated heterocycles. The molecular formula is C12H18N2O3. The fourth-order valence-corrected chi connectivity index (χ4v) is 0.951. The molecule has 0 saturated carbocycles. The van der Waals surface area contributed by atoms with E-state index in [0.29, 0.717) is 12.0 Å². The number of anilines is 1. The number of hydrogen-bond acceptors (Lipinski definition) is 5. The molecule has 0 aromatic heterocycles. The maximum absolute atomic E-state index is 11.0. The van der Waals surface area contributed by atoms with Gasteiger partial charge < -0.3 is 14.5 Å². The highest BCUT2D eigenvalue weighted by molar-refractivity contribution is 5.89. The molecule has 0 heterocycles. The molecule has 0 bridgehead atoms. The zero-order chi connectivity index (χ0) is 13.3. The van der Waals surface area contributed by atoms with Crippen molar-refractivity contribution in [2.75, 3.05) is 19.2 Å². The second-order valence-corrected chi connectivity index (χ2v) is 3.22. The van der Waals surface area contributed by atoms with Crippen molar-refractivity contribution in [3.05, 3.63) is 29.8 Å². The minimum Gasteiger partial charge on any atom is -0.465 e. The third-order valence-corrected chi connectivity index (χ3v) is 1.86. The first-order valence-corrected chi connectivity index (χ1v) is 5.17. The van der Waals surface area contributed by atoms with Gasteiger partial charge in [-0.05, 0) is 24.3 Å². The first-order chi connectivity index (χ1) is 8.06. The molecule has 0 radical (unpaired) electrons. The van der Waals surface area contributed by atoms with Gasteiger partial charge in [-0.1, -0.05) is 6.92 Å². The summed E-state index contributed by atoms with van der Waals surface area (Å²) in [6, 6.07) is 6.85. The number of aldehydes is 1. The lowest BCUT2D eigenvalue weighted by atomic mass is 10.2. The quantitative estimate of drug-likeness (QED) is 0.373. The van der Waals surface area contributed by atoms with E-state index in [0.717, 1.165) is 12.0 Å². The predicted molar refractivity (Wildman–Crippen MR) is 66.7 cm³/mol. The van der Waals surface area contributed by atoms with Gasteiger partial charge in [0, 0.05) is 13.5 Å². The van der Waals surface area contributed by atoms with E-state index in [1.54, 1.807) is 31.3 Å². The minimum absolute atomic E-state index is 0.341. The van der Waals surface area contributed by atoms with Crippen molar-refractivity contribution in [1.82, 2.24) is 0 Å². The Kier molecular flexibility index (Phi) is 7.38. The Labute approximate surface area is 101 Å². The lowest BCUT2D eigenvalue weighted by Crippen LogP contribution is -2.24. The standard InChI is InChI=1S/C9H12N2O2.C3H6O/c1-11(10)8-5-3-7(4-6-8)9(12)13-2;1-2-3-4/h3-6H,10H2,1-2H3;3H,2H2,1H3. The number of rotatable bonds is 3. The number of nitrogens with two attached hydrogens (primary N) is 1. The van der Waals surface area contributed by atoms with E-state index in [1.807, 2.05) is 6.92 Å². The van der Waals surface area contributed by atoms with Gasteiger partial charge in [0.25, 0.3) is 0 Å². The van der Waals surface area contributed by atoms with Gasteiger partial charge in [0.05, 0.1) is 18.4 Å². The summed E-state index contributed by atoms with van der Waals surface area (Å²) in [5.74, 6) is 5.15. The number of carbonyl (C=O) groups is 2. The maximum atomic E-state index is 11.0. The van der Waals surface area contributed by atoms with Crippen molar-refractivity contribution >= 4 is 17.9 Å². The monoisotopic (exact) mass is 238 g/mol. The zero-order valence-corrected chi connectivity index (χ0v) is 10.3. The second kappa shape index (κ2) is 8.29. The van der Waals surface area contributed by atoms with Crippen LogP contribution in [0.15, 0.2) is 24.3 Å². The number of esters is 1. The van der Waals surface area contributed by atoms with Crippen LogP contribution in [0.5, 0.6) is 0 Å². The number of hydrazine groups is 1. The molecule has 5 nitrogen and oxygen atoms in total. The van der Waals surface area contributed by atoms with Crippen molar-refractivity contribution in [2.45, 2.75) is 13.3 Å². The fraction of sp³-hybridized carbons (Fsp3) is 0.333. The molecule has 0 fully saturated rings. The van der Waals surface area contributed by atoms with Gasteiger partial charge in [-0.2, -0.15) is 0 Å². The largest absolute Gasteiger partial charge is 0.465 e. The topological polar surface area (TPSA) is 72.6 Å². The summed E-state index contributed by atoms with van der Waals surface area (Å²) in [4.78, 5) is 20.2. The smallest absolute Gasteiger partial charge is 0.337 e. The number of benzene rings is 1. The van der Waals surface area contributed by atoms with Gasteiger partial charge in [0.1, 0.15) is 6.29 Å². The third kappa shape index (κ3) is 5.67. The van der Waals surface area contributed by atoms with Crippen LogP contribution in [-0.4, -0.2) is 26.4 Å². The number of nitrogens with zero attached hydrogens (tertiary/aromatic N) is 1. The van der Waals surface area contributed by atoms with E-state index >= 15 is 0 Å². The van der Waals surface area contributed by atoms with Crippen LogP contribution in [0.1, 0.15) is 23.7 Å². The summed E-state index contributed by atoms with van der Waals surface area (Å²) in [7, 11) is 3.08.